The molecule has 5 heterocycles. The molecule has 4 atom stereocenters. The molecule has 4 saturated heterocycles. The van der Waals surface area contributed by atoms with E-state index in [0.717, 1.165) is 56.5 Å². The molecule has 1 spiro atoms. The number of hydrogen-bond donors (Lipinski definition) is 1. The third kappa shape index (κ3) is 2.23. The van der Waals surface area contributed by atoms with Crippen molar-refractivity contribution in [1.29, 1.82) is 0 Å². The standard InChI is InChI=1S/C19H28N4O2/c1-12-13(2)20-18(22-7-3-4-8-22)21-17(12)23-9-15-14(10-24)16-5-6-19(15,11-23)25-16/h14-16,24H,3-11H2,1-2H3/t14-,15+,16+,19+/m0/s1. The number of fused-ring (bicyclic) bond motifs is 1. The third-order valence-corrected chi connectivity index (χ3v) is 7.03. The van der Waals surface area contributed by atoms with Crippen LogP contribution in [0.15, 0.2) is 0 Å². The van der Waals surface area contributed by atoms with Crippen LogP contribution in [-0.4, -0.2) is 59.6 Å². The zero-order valence-corrected chi connectivity index (χ0v) is 15.2. The van der Waals surface area contributed by atoms with Gasteiger partial charge in [0.25, 0.3) is 0 Å². The molecule has 1 N–H and O–H groups in total. The summed E-state index contributed by atoms with van der Waals surface area (Å²) < 4.78 is 6.38. The highest BCUT2D eigenvalue weighted by Crippen LogP contribution is 2.55. The number of aliphatic hydroxyl groups excluding tert-OH is 1. The Bertz CT molecular complexity index is 690. The van der Waals surface area contributed by atoms with Crippen molar-refractivity contribution in [1.82, 2.24) is 9.97 Å². The van der Waals surface area contributed by atoms with E-state index in [1.165, 1.54) is 18.4 Å². The summed E-state index contributed by atoms with van der Waals surface area (Å²) in [6.45, 7) is 8.43. The van der Waals surface area contributed by atoms with E-state index in [-0.39, 0.29) is 18.3 Å². The molecule has 4 aliphatic heterocycles. The van der Waals surface area contributed by atoms with Gasteiger partial charge in [-0.2, -0.15) is 4.98 Å². The number of hydrogen-bond acceptors (Lipinski definition) is 6. The van der Waals surface area contributed by atoms with Gasteiger partial charge in [-0.25, -0.2) is 4.98 Å². The molecule has 0 unspecified atom stereocenters. The molecule has 25 heavy (non-hydrogen) atoms. The summed E-state index contributed by atoms with van der Waals surface area (Å²) in [5.41, 5.74) is 2.19. The van der Waals surface area contributed by atoms with E-state index in [1.54, 1.807) is 0 Å². The summed E-state index contributed by atoms with van der Waals surface area (Å²) in [5, 5.41) is 9.84. The summed E-state index contributed by atoms with van der Waals surface area (Å²) >= 11 is 0. The van der Waals surface area contributed by atoms with E-state index in [0.29, 0.717) is 11.8 Å². The maximum absolute atomic E-state index is 9.84. The zero-order valence-electron chi connectivity index (χ0n) is 15.2. The molecule has 0 radical (unpaired) electrons. The largest absolute Gasteiger partial charge is 0.396 e. The van der Waals surface area contributed by atoms with E-state index >= 15 is 0 Å². The van der Waals surface area contributed by atoms with E-state index in [9.17, 15) is 5.11 Å². The van der Waals surface area contributed by atoms with Crippen LogP contribution in [0.25, 0.3) is 0 Å². The Hall–Kier alpha value is -1.40. The first-order valence-corrected chi connectivity index (χ1v) is 9.75. The molecule has 0 aromatic carbocycles. The van der Waals surface area contributed by atoms with E-state index in [1.807, 2.05) is 0 Å². The summed E-state index contributed by atoms with van der Waals surface area (Å²) in [6.07, 6.45) is 4.95. The molecule has 2 bridgehead atoms. The van der Waals surface area contributed by atoms with Crippen LogP contribution in [0.5, 0.6) is 0 Å². The van der Waals surface area contributed by atoms with Crippen LogP contribution in [0.2, 0.25) is 0 Å². The third-order valence-electron chi connectivity index (χ3n) is 7.03. The van der Waals surface area contributed by atoms with Crippen LogP contribution in [0.1, 0.15) is 36.9 Å². The lowest BCUT2D eigenvalue weighted by atomic mass is 9.74. The first kappa shape index (κ1) is 15.8. The molecule has 136 valence electrons. The highest BCUT2D eigenvalue weighted by Gasteiger charge is 2.63. The zero-order chi connectivity index (χ0) is 17.2. The average molecular weight is 344 g/mol. The number of aryl methyl sites for hydroxylation is 1. The van der Waals surface area contributed by atoms with Crippen LogP contribution in [0, 0.1) is 25.7 Å². The molecule has 1 aromatic rings. The average Bonchev–Trinajstić information content (AvgIpc) is 3.36. The van der Waals surface area contributed by atoms with Crippen molar-refractivity contribution in [2.24, 2.45) is 11.8 Å². The van der Waals surface area contributed by atoms with Gasteiger partial charge >= 0.3 is 0 Å². The van der Waals surface area contributed by atoms with Crippen molar-refractivity contribution in [3.8, 4) is 0 Å². The van der Waals surface area contributed by atoms with Crippen LogP contribution < -0.4 is 9.80 Å². The quantitative estimate of drug-likeness (QED) is 0.900. The molecule has 0 aliphatic carbocycles. The molecular weight excluding hydrogens is 316 g/mol. The van der Waals surface area contributed by atoms with E-state index in [2.05, 4.69) is 23.6 Å². The monoisotopic (exact) mass is 344 g/mol. The second kappa shape index (κ2) is 5.55. The lowest BCUT2D eigenvalue weighted by molar-refractivity contribution is 0.0128. The van der Waals surface area contributed by atoms with Crippen LogP contribution in [0.3, 0.4) is 0 Å². The van der Waals surface area contributed by atoms with Gasteiger partial charge in [0.05, 0.1) is 11.7 Å². The van der Waals surface area contributed by atoms with E-state index < -0.39 is 0 Å². The molecule has 1 aromatic heterocycles. The van der Waals surface area contributed by atoms with Crippen molar-refractivity contribution in [3.63, 3.8) is 0 Å². The van der Waals surface area contributed by atoms with Gasteiger partial charge in [0, 0.05) is 55.9 Å². The van der Waals surface area contributed by atoms with Crippen LogP contribution in [-0.2, 0) is 4.74 Å². The highest BCUT2D eigenvalue weighted by molar-refractivity contribution is 5.54. The lowest BCUT2D eigenvalue weighted by Gasteiger charge is -2.27. The van der Waals surface area contributed by atoms with Gasteiger partial charge in [0.2, 0.25) is 5.95 Å². The smallest absolute Gasteiger partial charge is 0.227 e. The van der Waals surface area contributed by atoms with Gasteiger partial charge in [0.15, 0.2) is 0 Å². The molecule has 5 rings (SSSR count). The van der Waals surface area contributed by atoms with Crippen LogP contribution in [0.4, 0.5) is 11.8 Å². The van der Waals surface area contributed by atoms with Gasteiger partial charge in [0.1, 0.15) is 5.82 Å². The SMILES string of the molecule is Cc1nc(N2CCCC2)nc(N2C[C@@H]3[C@H](CO)[C@H]4CC[C@]3(C2)O4)c1C. The Kier molecular flexibility index (Phi) is 3.51. The Morgan fingerprint density at radius 1 is 1.20 bits per heavy atom. The normalized spacial score (nSPS) is 36.5. The predicted octanol–water partition coefficient (Wildman–Crippen LogP) is 1.67. The molecular formula is C19H28N4O2. The molecule has 0 amide bonds. The number of nitrogens with zero attached hydrogens (tertiary/aromatic N) is 4. The van der Waals surface area contributed by atoms with Crippen molar-refractivity contribution >= 4 is 11.8 Å². The highest BCUT2D eigenvalue weighted by atomic mass is 16.5. The first-order valence-electron chi connectivity index (χ1n) is 9.75. The van der Waals surface area contributed by atoms with Crippen molar-refractivity contribution < 1.29 is 9.84 Å². The minimum absolute atomic E-state index is 0.0584. The Morgan fingerprint density at radius 3 is 2.76 bits per heavy atom. The molecule has 6 heteroatoms. The summed E-state index contributed by atoms with van der Waals surface area (Å²) in [7, 11) is 0. The summed E-state index contributed by atoms with van der Waals surface area (Å²) in [5.74, 6) is 2.68. The van der Waals surface area contributed by atoms with Gasteiger partial charge in [-0.3, -0.25) is 0 Å². The lowest BCUT2D eigenvalue weighted by Crippen LogP contribution is -2.37. The van der Waals surface area contributed by atoms with Gasteiger partial charge in [-0.1, -0.05) is 0 Å². The second-order valence-corrected chi connectivity index (χ2v) is 8.34. The number of aromatic nitrogens is 2. The van der Waals surface area contributed by atoms with E-state index in [4.69, 9.17) is 14.7 Å². The number of aliphatic hydroxyl groups is 1. The molecule has 0 saturated carbocycles. The Morgan fingerprint density at radius 2 is 2.00 bits per heavy atom. The fraction of sp³-hybridized carbons (Fsp3) is 0.789. The number of rotatable bonds is 3. The fourth-order valence-corrected chi connectivity index (χ4v) is 5.56. The molecule has 4 fully saturated rings. The topological polar surface area (TPSA) is 61.7 Å². The molecule has 4 aliphatic rings. The first-order chi connectivity index (χ1) is 12.1. The molecule has 6 nitrogen and oxygen atoms in total. The Balaban J connectivity index is 1.48. The second-order valence-electron chi connectivity index (χ2n) is 8.34. The van der Waals surface area contributed by atoms with Gasteiger partial charge in [-0.15, -0.1) is 0 Å². The van der Waals surface area contributed by atoms with Gasteiger partial charge in [-0.05, 0) is 39.5 Å². The number of ether oxygens (including phenoxy) is 1. The minimum atomic E-state index is -0.0584. The number of anilines is 2. The van der Waals surface area contributed by atoms with Crippen molar-refractivity contribution in [2.45, 2.75) is 51.2 Å². The van der Waals surface area contributed by atoms with Gasteiger partial charge < -0.3 is 19.6 Å². The minimum Gasteiger partial charge on any atom is -0.396 e. The van der Waals surface area contributed by atoms with Crippen molar-refractivity contribution in [2.75, 3.05) is 42.6 Å². The summed E-state index contributed by atoms with van der Waals surface area (Å²) in [4.78, 5) is 14.4. The predicted molar refractivity (Wildman–Crippen MR) is 96.1 cm³/mol. The fourth-order valence-electron chi connectivity index (χ4n) is 5.56. The Labute approximate surface area is 149 Å². The maximum atomic E-state index is 9.84. The maximum Gasteiger partial charge on any atom is 0.227 e. The van der Waals surface area contributed by atoms with Crippen LogP contribution >= 0.6 is 0 Å². The van der Waals surface area contributed by atoms with Crippen molar-refractivity contribution in [3.05, 3.63) is 11.3 Å². The summed E-state index contributed by atoms with van der Waals surface area (Å²) in [6, 6.07) is 0.